The van der Waals surface area contributed by atoms with E-state index in [-0.39, 0.29) is 18.5 Å². The first-order valence-electron chi connectivity index (χ1n) is 7.90. The largest absolute Gasteiger partial charge is 0.377 e. The van der Waals surface area contributed by atoms with Crippen molar-refractivity contribution in [3.05, 3.63) is 44.2 Å². The van der Waals surface area contributed by atoms with Gasteiger partial charge in [0, 0.05) is 25.4 Å². The summed E-state index contributed by atoms with van der Waals surface area (Å²) >= 11 is 0. The molecule has 10 heteroatoms. The van der Waals surface area contributed by atoms with Crippen molar-refractivity contribution in [2.75, 3.05) is 13.7 Å². The van der Waals surface area contributed by atoms with Crippen LogP contribution in [-0.2, 0) is 29.2 Å². The number of methoxy groups -OCH3 is 1. The number of nitrogens with zero attached hydrogens (tertiary/aromatic N) is 5. The molecule has 2 aromatic heterocycles. The van der Waals surface area contributed by atoms with E-state index in [2.05, 4.69) is 15.2 Å². The minimum absolute atomic E-state index is 0.00175. The molecule has 0 radical (unpaired) electrons. The number of aryl methyl sites for hydroxylation is 1. The molecule has 25 heavy (non-hydrogen) atoms. The van der Waals surface area contributed by atoms with Crippen molar-refractivity contribution < 1.29 is 9.53 Å². The first-order chi connectivity index (χ1) is 11.9. The van der Waals surface area contributed by atoms with Gasteiger partial charge in [-0.15, -0.1) is 10.2 Å². The van der Waals surface area contributed by atoms with E-state index in [1.165, 1.54) is 10.8 Å². The van der Waals surface area contributed by atoms with Gasteiger partial charge in [0.2, 0.25) is 5.91 Å². The van der Waals surface area contributed by atoms with Crippen LogP contribution in [0.5, 0.6) is 0 Å². The number of amides is 1. The number of carbonyl (C=O) groups is 1. The third-order valence-corrected chi connectivity index (χ3v) is 4.22. The lowest BCUT2D eigenvalue weighted by atomic mass is 10.2. The number of H-pyrrole nitrogens is 1. The summed E-state index contributed by atoms with van der Waals surface area (Å²) in [6, 6.07) is 0.00175. The quantitative estimate of drug-likeness (QED) is 0.772. The van der Waals surface area contributed by atoms with Crippen molar-refractivity contribution in [1.29, 1.82) is 0 Å². The first kappa shape index (κ1) is 17.1. The zero-order valence-corrected chi connectivity index (χ0v) is 14.4. The normalized spacial score (nSPS) is 16.8. The van der Waals surface area contributed by atoms with Gasteiger partial charge in [-0.2, -0.15) is 0 Å². The highest BCUT2D eigenvalue weighted by molar-refractivity contribution is 5.76. The Labute approximate surface area is 143 Å². The van der Waals surface area contributed by atoms with Gasteiger partial charge >= 0.3 is 5.69 Å². The predicted molar refractivity (Wildman–Crippen MR) is 86.9 cm³/mol. The van der Waals surface area contributed by atoms with Gasteiger partial charge in [-0.1, -0.05) is 0 Å². The van der Waals surface area contributed by atoms with Crippen LogP contribution in [0.15, 0.2) is 15.8 Å². The fourth-order valence-electron chi connectivity index (χ4n) is 3.01. The monoisotopic (exact) mass is 348 g/mol. The van der Waals surface area contributed by atoms with Crippen molar-refractivity contribution in [2.24, 2.45) is 0 Å². The summed E-state index contributed by atoms with van der Waals surface area (Å²) in [6.07, 6.45) is 1.39. The van der Waals surface area contributed by atoms with Crippen molar-refractivity contribution in [3.8, 4) is 0 Å². The Morgan fingerprint density at radius 3 is 2.88 bits per heavy atom. The molecule has 2 aromatic rings. The Morgan fingerprint density at radius 1 is 1.40 bits per heavy atom. The first-order valence-corrected chi connectivity index (χ1v) is 7.90. The molecule has 0 unspecified atom stereocenters. The van der Waals surface area contributed by atoms with E-state index in [0.29, 0.717) is 31.1 Å². The van der Waals surface area contributed by atoms with Gasteiger partial charge in [0.1, 0.15) is 13.2 Å². The van der Waals surface area contributed by atoms with Crippen LogP contribution < -0.4 is 11.2 Å². The summed E-state index contributed by atoms with van der Waals surface area (Å²) < 4.78 is 8.30. The molecular formula is C15H20N6O4. The van der Waals surface area contributed by atoms with Gasteiger partial charge in [0.25, 0.3) is 5.56 Å². The smallest absolute Gasteiger partial charge is 0.328 e. The fourth-order valence-corrected chi connectivity index (χ4v) is 3.01. The van der Waals surface area contributed by atoms with Crippen LogP contribution in [0, 0.1) is 6.92 Å². The number of hydrogen-bond donors (Lipinski definition) is 1. The molecule has 10 nitrogen and oxygen atoms in total. The van der Waals surface area contributed by atoms with Crippen LogP contribution in [0.25, 0.3) is 0 Å². The maximum absolute atomic E-state index is 12.6. The Balaban J connectivity index is 1.79. The number of hydrogen-bond acceptors (Lipinski definition) is 6. The summed E-state index contributed by atoms with van der Waals surface area (Å²) in [5.74, 6) is 1.19. The lowest BCUT2D eigenvalue weighted by Crippen LogP contribution is -2.44. The van der Waals surface area contributed by atoms with E-state index in [1.807, 2.05) is 11.5 Å². The second kappa shape index (κ2) is 6.63. The van der Waals surface area contributed by atoms with Crippen LogP contribution in [0.2, 0.25) is 0 Å². The number of carbonyl (C=O) groups excluding carboxylic acids is 1. The van der Waals surface area contributed by atoms with Crippen molar-refractivity contribution in [3.63, 3.8) is 0 Å². The molecule has 0 saturated carbocycles. The standard InChI is InChI=1S/C15H20N6O4/c1-9-4-20(15(24)16-14(9)23)7-13(22)19-5-10(2)21-11(6-19)17-18-12(21)8-25-3/h4,10H,5-8H2,1-3H3,(H,16,23,24)/t10-/m0/s1. The van der Waals surface area contributed by atoms with E-state index < -0.39 is 11.2 Å². The van der Waals surface area contributed by atoms with Crippen LogP contribution in [0.4, 0.5) is 0 Å². The lowest BCUT2D eigenvalue weighted by Gasteiger charge is -2.32. The van der Waals surface area contributed by atoms with E-state index in [0.717, 1.165) is 5.82 Å². The molecule has 3 heterocycles. The summed E-state index contributed by atoms with van der Waals surface area (Å²) in [5, 5.41) is 8.24. The van der Waals surface area contributed by atoms with Crippen LogP contribution in [0.3, 0.4) is 0 Å². The van der Waals surface area contributed by atoms with Gasteiger partial charge in [0.15, 0.2) is 11.6 Å². The lowest BCUT2D eigenvalue weighted by molar-refractivity contribution is -0.134. The number of ether oxygens (including phenoxy) is 1. The summed E-state index contributed by atoms with van der Waals surface area (Å²) in [5.41, 5.74) is -0.665. The molecule has 1 atom stereocenters. The minimum Gasteiger partial charge on any atom is -0.377 e. The van der Waals surface area contributed by atoms with E-state index in [1.54, 1.807) is 18.9 Å². The molecule has 0 bridgehead atoms. The van der Waals surface area contributed by atoms with Crippen molar-refractivity contribution in [2.45, 2.75) is 39.6 Å². The van der Waals surface area contributed by atoms with Crippen LogP contribution >= 0.6 is 0 Å². The van der Waals surface area contributed by atoms with Gasteiger partial charge in [-0.25, -0.2) is 4.79 Å². The average molecular weight is 348 g/mol. The van der Waals surface area contributed by atoms with Gasteiger partial charge < -0.3 is 14.2 Å². The molecule has 1 aliphatic rings. The molecule has 1 amide bonds. The van der Waals surface area contributed by atoms with Crippen LogP contribution in [0.1, 0.15) is 30.2 Å². The number of nitrogens with one attached hydrogen (secondary N) is 1. The Morgan fingerprint density at radius 2 is 2.16 bits per heavy atom. The molecule has 1 N–H and O–H groups in total. The third-order valence-electron chi connectivity index (χ3n) is 4.22. The maximum Gasteiger partial charge on any atom is 0.328 e. The van der Waals surface area contributed by atoms with Crippen molar-refractivity contribution in [1.82, 2.24) is 29.2 Å². The average Bonchev–Trinajstić information content (AvgIpc) is 2.96. The minimum atomic E-state index is -0.598. The Kier molecular flexibility index (Phi) is 4.53. The number of aromatic amines is 1. The summed E-state index contributed by atoms with van der Waals surface area (Å²) in [6.45, 7) is 4.58. The SMILES string of the molecule is COCc1nnc2n1[C@@H](C)CN(C(=O)Cn1cc(C)c(=O)[nH]c1=O)C2. The molecule has 1 aliphatic heterocycles. The van der Waals surface area contributed by atoms with Gasteiger partial charge in [-0.05, 0) is 13.8 Å². The van der Waals surface area contributed by atoms with Crippen LogP contribution in [-0.4, -0.2) is 48.8 Å². The summed E-state index contributed by atoms with van der Waals surface area (Å²) in [7, 11) is 1.59. The number of fused-ring (bicyclic) bond motifs is 1. The molecule has 0 aliphatic carbocycles. The zero-order chi connectivity index (χ0) is 18.1. The molecule has 0 fully saturated rings. The van der Waals surface area contributed by atoms with E-state index >= 15 is 0 Å². The number of aromatic nitrogens is 5. The zero-order valence-electron chi connectivity index (χ0n) is 14.4. The second-order valence-electron chi connectivity index (χ2n) is 6.16. The molecule has 0 spiro atoms. The topological polar surface area (TPSA) is 115 Å². The van der Waals surface area contributed by atoms with E-state index in [4.69, 9.17) is 4.74 Å². The molecular weight excluding hydrogens is 328 g/mol. The highest BCUT2D eigenvalue weighted by atomic mass is 16.5. The van der Waals surface area contributed by atoms with Gasteiger partial charge in [0.05, 0.1) is 12.6 Å². The molecule has 0 aromatic carbocycles. The van der Waals surface area contributed by atoms with Gasteiger partial charge in [-0.3, -0.25) is 19.1 Å². The van der Waals surface area contributed by atoms with Crippen molar-refractivity contribution >= 4 is 5.91 Å². The molecule has 3 rings (SSSR count). The second-order valence-corrected chi connectivity index (χ2v) is 6.16. The molecule has 134 valence electrons. The third kappa shape index (κ3) is 3.25. The maximum atomic E-state index is 12.6. The number of rotatable bonds is 4. The molecule has 0 saturated heterocycles. The predicted octanol–water partition coefficient (Wildman–Crippen LogP) is -0.814. The van der Waals surface area contributed by atoms with E-state index in [9.17, 15) is 14.4 Å². The Hall–Kier alpha value is -2.75. The fraction of sp³-hybridized carbons (Fsp3) is 0.533. The summed E-state index contributed by atoms with van der Waals surface area (Å²) in [4.78, 5) is 39.7. The highest BCUT2D eigenvalue weighted by Crippen LogP contribution is 2.21. The Bertz CT molecular complexity index is 911. The highest BCUT2D eigenvalue weighted by Gasteiger charge is 2.29.